The lowest BCUT2D eigenvalue weighted by Crippen LogP contribution is -2.50. The average Bonchev–Trinajstić information content (AvgIpc) is 2.27. The van der Waals surface area contributed by atoms with Crippen molar-refractivity contribution in [2.75, 3.05) is 18.1 Å². The van der Waals surface area contributed by atoms with Crippen LogP contribution in [0.2, 0.25) is 0 Å². The van der Waals surface area contributed by atoms with Crippen molar-refractivity contribution in [3.8, 4) is 0 Å². The number of hydrogen-bond acceptors (Lipinski definition) is 3. The molecule has 104 valence electrons. The second-order valence-corrected chi connectivity index (χ2v) is 7.64. The van der Waals surface area contributed by atoms with Crippen LogP contribution in [0.4, 0.5) is 4.39 Å². The van der Waals surface area contributed by atoms with Crippen LogP contribution in [-0.4, -0.2) is 43.3 Å². The second kappa shape index (κ2) is 5.20. The van der Waals surface area contributed by atoms with Crippen LogP contribution in [0.25, 0.3) is 0 Å². The Kier molecular flexibility index (Phi) is 3.96. The summed E-state index contributed by atoms with van der Waals surface area (Å²) in [6.45, 7) is 1.76. The molecule has 4 nitrogen and oxygen atoms in total. The Morgan fingerprint density at radius 3 is 2.74 bits per heavy atom. The molecule has 0 radical (unpaired) electrons. The van der Waals surface area contributed by atoms with E-state index in [1.54, 1.807) is 13.0 Å². The van der Waals surface area contributed by atoms with Gasteiger partial charge in [0.2, 0.25) is 0 Å². The van der Waals surface area contributed by atoms with E-state index in [4.69, 9.17) is 0 Å². The Hall–Kier alpha value is -0.950. The molecular formula is C12H13BrFNO3S. The van der Waals surface area contributed by atoms with Crippen molar-refractivity contribution in [3.63, 3.8) is 0 Å². The lowest BCUT2D eigenvalue weighted by molar-refractivity contribution is 0.0707. The van der Waals surface area contributed by atoms with Crippen LogP contribution >= 0.6 is 15.9 Å². The fourth-order valence-electron chi connectivity index (χ4n) is 2.15. The maximum atomic E-state index is 13.7. The van der Waals surface area contributed by atoms with Crippen LogP contribution in [0.15, 0.2) is 22.7 Å². The van der Waals surface area contributed by atoms with E-state index >= 15 is 0 Å². The predicted molar refractivity (Wildman–Crippen MR) is 73.3 cm³/mol. The van der Waals surface area contributed by atoms with Crippen LogP contribution in [0.3, 0.4) is 0 Å². The largest absolute Gasteiger partial charge is 0.334 e. The summed E-state index contributed by atoms with van der Waals surface area (Å²) in [5, 5.41) is 0. The van der Waals surface area contributed by atoms with Crippen molar-refractivity contribution < 1.29 is 17.6 Å². The molecule has 19 heavy (non-hydrogen) atoms. The predicted octanol–water partition coefficient (Wildman–Crippen LogP) is 1.85. The quantitative estimate of drug-likeness (QED) is 0.777. The van der Waals surface area contributed by atoms with Gasteiger partial charge in [-0.2, -0.15) is 0 Å². The number of halogens is 2. The second-order valence-electron chi connectivity index (χ2n) is 4.56. The standard InChI is InChI=1S/C12H13BrFNO3S/c1-8-7-19(17,18)6-5-15(8)12(16)11-9(13)3-2-4-10(11)14/h2-4,8H,5-7H2,1H3. The van der Waals surface area contributed by atoms with Gasteiger partial charge >= 0.3 is 0 Å². The topological polar surface area (TPSA) is 54.5 Å². The molecule has 1 saturated heterocycles. The van der Waals surface area contributed by atoms with Crippen LogP contribution in [0.5, 0.6) is 0 Å². The van der Waals surface area contributed by atoms with Gasteiger partial charge in [-0.1, -0.05) is 6.07 Å². The molecule has 0 saturated carbocycles. The lowest BCUT2D eigenvalue weighted by atomic mass is 10.1. The highest BCUT2D eigenvalue weighted by atomic mass is 79.9. The highest BCUT2D eigenvalue weighted by Gasteiger charge is 2.33. The van der Waals surface area contributed by atoms with Gasteiger partial charge in [-0.3, -0.25) is 4.79 Å². The Morgan fingerprint density at radius 1 is 1.47 bits per heavy atom. The van der Waals surface area contributed by atoms with Gasteiger partial charge in [0.25, 0.3) is 5.91 Å². The van der Waals surface area contributed by atoms with Gasteiger partial charge < -0.3 is 4.90 Å². The number of nitrogens with zero attached hydrogens (tertiary/aromatic N) is 1. The first-order valence-corrected chi connectivity index (χ1v) is 8.38. The smallest absolute Gasteiger partial charge is 0.258 e. The van der Waals surface area contributed by atoms with E-state index in [9.17, 15) is 17.6 Å². The molecule has 1 heterocycles. The van der Waals surface area contributed by atoms with Crippen molar-refractivity contribution in [2.24, 2.45) is 0 Å². The molecule has 0 N–H and O–H groups in total. The molecule has 1 amide bonds. The third kappa shape index (κ3) is 2.97. The molecule has 0 aromatic heterocycles. The summed E-state index contributed by atoms with van der Waals surface area (Å²) in [4.78, 5) is 13.7. The van der Waals surface area contributed by atoms with Gasteiger partial charge in [0, 0.05) is 17.1 Å². The van der Waals surface area contributed by atoms with E-state index in [1.807, 2.05) is 0 Å². The Balaban J connectivity index is 2.31. The van der Waals surface area contributed by atoms with Crippen molar-refractivity contribution in [3.05, 3.63) is 34.1 Å². The van der Waals surface area contributed by atoms with Gasteiger partial charge in [0.1, 0.15) is 5.82 Å². The minimum absolute atomic E-state index is 0.0475. The molecule has 1 aromatic rings. The van der Waals surface area contributed by atoms with Crippen molar-refractivity contribution in [2.45, 2.75) is 13.0 Å². The molecule has 7 heteroatoms. The zero-order valence-electron chi connectivity index (χ0n) is 10.3. The summed E-state index contributed by atoms with van der Waals surface area (Å²) in [5.41, 5.74) is -0.0475. The average molecular weight is 350 g/mol. The van der Waals surface area contributed by atoms with Crippen molar-refractivity contribution in [1.82, 2.24) is 4.90 Å². The third-order valence-electron chi connectivity index (χ3n) is 3.11. The summed E-state index contributed by atoms with van der Waals surface area (Å²) in [6.07, 6.45) is 0. The maximum absolute atomic E-state index is 13.7. The van der Waals surface area contributed by atoms with E-state index in [1.165, 1.54) is 17.0 Å². The van der Waals surface area contributed by atoms with E-state index < -0.39 is 27.6 Å². The van der Waals surface area contributed by atoms with Crippen LogP contribution in [-0.2, 0) is 9.84 Å². The van der Waals surface area contributed by atoms with Gasteiger partial charge in [0.05, 0.1) is 17.1 Å². The van der Waals surface area contributed by atoms with Crippen LogP contribution in [0, 0.1) is 5.82 Å². The summed E-state index contributed by atoms with van der Waals surface area (Å²) in [7, 11) is -3.10. The first-order chi connectivity index (χ1) is 8.82. The molecule has 1 aliphatic rings. The summed E-state index contributed by atoms with van der Waals surface area (Å²) in [6, 6.07) is 3.85. The number of hydrogen-bond donors (Lipinski definition) is 0. The fraction of sp³-hybridized carbons (Fsp3) is 0.417. The van der Waals surface area contributed by atoms with Gasteiger partial charge in [-0.15, -0.1) is 0 Å². The number of rotatable bonds is 1. The molecule has 1 atom stereocenters. The van der Waals surface area contributed by atoms with Crippen LogP contribution < -0.4 is 0 Å². The number of sulfone groups is 1. The normalized spacial score (nSPS) is 22.3. The Labute approximate surface area is 119 Å². The maximum Gasteiger partial charge on any atom is 0.258 e. The minimum atomic E-state index is -3.10. The molecule has 0 bridgehead atoms. The number of amides is 1. The highest BCUT2D eigenvalue weighted by Crippen LogP contribution is 2.23. The molecule has 1 aromatic carbocycles. The molecule has 1 fully saturated rings. The van der Waals surface area contributed by atoms with Crippen LogP contribution in [0.1, 0.15) is 17.3 Å². The molecular weight excluding hydrogens is 337 g/mol. The van der Waals surface area contributed by atoms with E-state index in [2.05, 4.69) is 15.9 Å². The fourth-order valence-corrected chi connectivity index (χ4v) is 4.21. The Morgan fingerprint density at radius 2 is 2.16 bits per heavy atom. The van der Waals surface area contributed by atoms with Crippen molar-refractivity contribution >= 4 is 31.7 Å². The summed E-state index contributed by atoms with van der Waals surface area (Å²) < 4.78 is 37.1. The zero-order chi connectivity index (χ0) is 14.2. The number of benzene rings is 1. The molecule has 1 aliphatic heterocycles. The summed E-state index contributed by atoms with van der Waals surface area (Å²) >= 11 is 3.15. The molecule has 0 aliphatic carbocycles. The van der Waals surface area contributed by atoms with E-state index in [-0.39, 0.29) is 23.6 Å². The number of carbonyl (C=O) groups excluding carboxylic acids is 1. The number of carbonyl (C=O) groups is 1. The minimum Gasteiger partial charge on any atom is -0.334 e. The third-order valence-corrected chi connectivity index (χ3v) is 5.56. The first-order valence-electron chi connectivity index (χ1n) is 5.77. The van der Waals surface area contributed by atoms with E-state index in [0.717, 1.165) is 0 Å². The molecule has 0 spiro atoms. The van der Waals surface area contributed by atoms with Crippen molar-refractivity contribution in [1.29, 1.82) is 0 Å². The SMILES string of the molecule is CC1CS(=O)(=O)CCN1C(=O)c1c(F)cccc1Br. The lowest BCUT2D eigenvalue weighted by Gasteiger charge is -2.33. The van der Waals surface area contributed by atoms with Gasteiger partial charge in [-0.05, 0) is 35.0 Å². The monoisotopic (exact) mass is 349 g/mol. The zero-order valence-corrected chi connectivity index (χ0v) is 12.7. The summed E-state index contributed by atoms with van der Waals surface area (Å²) in [5.74, 6) is -1.24. The first kappa shape index (κ1) is 14.5. The Bertz CT molecular complexity index is 597. The van der Waals surface area contributed by atoms with Gasteiger partial charge in [-0.25, -0.2) is 12.8 Å². The molecule has 1 unspecified atom stereocenters. The van der Waals surface area contributed by atoms with Gasteiger partial charge in [0.15, 0.2) is 9.84 Å². The highest BCUT2D eigenvalue weighted by molar-refractivity contribution is 9.10. The molecule has 2 rings (SSSR count). The van der Waals surface area contributed by atoms with E-state index in [0.29, 0.717) is 4.47 Å².